The van der Waals surface area contributed by atoms with E-state index in [4.69, 9.17) is 34.3 Å². The van der Waals surface area contributed by atoms with Crippen molar-refractivity contribution in [3.8, 4) is 5.75 Å². The molecule has 6 heteroatoms. The molecule has 0 bridgehead atoms. The van der Waals surface area contributed by atoms with Gasteiger partial charge in [0.25, 0.3) is 0 Å². The first kappa shape index (κ1) is 15.8. The lowest BCUT2D eigenvalue weighted by Gasteiger charge is -2.08. The van der Waals surface area contributed by atoms with E-state index in [2.05, 4.69) is 5.10 Å². The molecule has 2 N–H and O–H groups in total. The smallest absolute Gasteiger partial charge is 0.131 e. The Hall–Kier alpha value is -1.59. The molecule has 1 aromatic heterocycles. The summed E-state index contributed by atoms with van der Waals surface area (Å²) in [5, 5.41) is 5.05. The highest BCUT2D eigenvalue weighted by Crippen LogP contribution is 2.22. The number of rotatable bonds is 6. The Morgan fingerprint density at radius 1 is 1.38 bits per heavy atom. The summed E-state index contributed by atoms with van der Waals surface area (Å²) in [6, 6.07) is 7.71. The standard InChI is InChI=1S/C15H18ClN3OS/c1-3-12-15(16)13(19(2)18-12)9-20-11-6-4-10(5-7-11)8-14(17)21/h4-7H,3,8-9H2,1-2H3,(H2,17,21). The largest absolute Gasteiger partial charge is 0.487 e. The molecule has 2 rings (SSSR count). The minimum Gasteiger partial charge on any atom is -0.487 e. The van der Waals surface area contributed by atoms with E-state index in [9.17, 15) is 0 Å². The Morgan fingerprint density at radius 3 is 2.57 bits per heavy atom. The SMILES string of the molecule is CCc1nn(C)c(COc2ccc(CC(N)=S)cc2)c1Cl. The van der Waals surface area contributed by atoms with Crippen LogP contribution < -0.4 is 10.5 Å². The van der Waals surface area contributed by atoms with Gasteiger partial charge in [-0.3, -0.25) is 4.68 Å². The summed E-state index contributed by atoms with van der Waals surface area (Å²) in [5.41, 5.74) is 8.36. The van der Waals surface area contributed by atoms with Crippen LogP contribution in [0.5, 0.6) is 5.75 Å². The normalized spacial score (nSPS) is 10.6. The maximum absolute atomic E-state index is 6.29. The van der Waals surface area contributed by atoms with Crippen molar-refractivity contribution in [1.82, 2.24) is 9.78 Å². The summed E-state index contributed by atoms with van der Waals surface area (Å²) in [5.74, 6) is 0.775. The van der Waals surface area contributed by atoms with Gasteiger partial charge in [0, 0.05) is 13.5 Å². The van der Waals surface area contributed by atoms with Gasteiger partial charge in [0.1, 0.15) is 12.4 Å². The second-order valence-electron chi connectivity index (χ2n) is 4.76. The number of aromatic nitrogens is 2. The molecule has 21 heavy (non-hydrogen) atoms. The third kappa shape index (κ3) is 3.95. The number of thiocarbonyl (C=S) groups is 1. The number of aryl methyl sites for hydroxylation is 2. The van der Waals surface area contributed by atoms with Gasteiger partial charge in [-0.05, 0) is 24.1 Å². The zero-order valence-electron chi connectivity index (χ0n) is 12.1. The highest BCUT2D eigenvalue weighted by Gasteiger charge is 2.13. The van der Waals surface area contributed by atoms with E-state index in [0.29, 0.717) is 23.0 Å². The lowest BCUT2D eigenvalue weighted by Crippen LogP contribution is -2.10. The molecule has 0 radical (unpaired) electrons. The summed E-state index contributed by atoms with van der Waals surface area (Å²) in [6.45, 7) is 2.41. The number of nitrogens with zero attached hydrogens (tertiary/aromatic N) is 2. The maximum atomic E-state index is 6.29. The Balaban J connectivity index is 2.03. The molecule has 0 spiro atoms. The van der Waals surface area contributed by atoms with E-state index in [1.165, 1.54) is 0 Å². The van der Waals surface area contributed by atoms with Gasteiger partial charge in [-0.2, -0.15) is 5.10 Å². The molecular formula is C15H18ClN3OS. The Labute approximate surface area is 134 Å². The van der Waals surface area contributed by atoms with Crippen LogP contribution in [0.3, 0.4) is 0 Å². The number of nitrogens with two attached hydrogens (primary N) is 1. The molecule has 1 heterocycles. The molecule has 0 atom stereocenters. The van der Waals surface area contributed by atoms with Gasteiger partial charge >= 0.3 is 0 Å². The van der Waals surface area contributed by atoms with Crippen LogP contribution >= 0.6 is 23.8 Å². The van der Waals surface area contributed by atoms with Crippen LogP contribution in [0.15, 0.2) is 24.3 Å². The molecule has 1 aromatic carbocycles. The molecule has 0 aliphatic carbocycles. The molecule has 4 nitrogen and oxygen atoms in total. The average Bonchev–Trinajstić information content (AvgIpc) is 2.72. The van der Waals surface area contributed by atoms with Crippen molar-refractivity contribution in [2.24, 2.45) is 12.8 Å². The lowest BCUT2D eigenvalue weighted by molar-refractivity contribution is 0.295. The first-order valence-electron chi connectivity index (χ1n) is 6.71. The predicted octanol–water partition coefficient (Wildman–Crippen LogP) is 3.04. The zero-order valence-corrected chi connectivity index (χ0v) is 13.7. The van der Waals surface area contributed by atoms with Gasteiger partial charge in [0.15, 0.2) is 0 Å². The highest BCUT2D eigenvalue weighted by atomic mass is 35.5. The van der Waals surface area contributed by atoms with Crippen molar-refractivity contribution >= 4 is 28.8 Å². The summed E-state index contributed by atoms with van der Waals surface area (Å²) in [7, 11) is 1.87. The Kier molecular flexibility index (Phi) is 5.20. The monoisotopic (exact) mass is 323 g/mol. The summed E-state index contributed by atoms with van der Waals surface area (Å²) < 4.78 is 7.53. The molecule has 0 amide bonds. The average molecular weight is 324 g/mol. The van der Waals surface area contributed by atoms with Crippen LogP contribution in [0.4, 0.5) is 0 Å². The summed E-state index contributed by atoms with van der Waals surface area (Å²) in [4.78, 5) is 0.484. The summed E-state index contributed by atoms with van der Waals surface area (Å²) in [6.07, 6.45) is 1.41. The van der Waals surface area contributed by atoms with Crippen LogP contribution in [0.2, 0.25) is 5.02 Å². The van der Waals surface area contributed by atoms with Crippen LogP contribution in [-0.4, -0.2) is 14.8 Å². The van der Waals surface area contributed by atoms with Gasteiger partial charge in [0.2, 0.25) is 0 Å². The van der Waals surface area contributed by atoms with Crippen molar-refractivity contribution in [2.75, 3.05) is 0 Å². The van der Waals surface area contributed by atoms with Crippen molar-refractivity contribution in [2.45, 2.75) is 26.4 Å². The lowest BCUT2D eigenvalue weighted by atomic mass is 10.1. The van der Waals surface area contributed by atoms with Gasteiger partial charge in [-0.25, -0.2) is 0 Å². The van der Waals surface area contributed by atoms with Crippen molar-refractivity contribution in [1.29, 1.82) is 0 Å². The second-order valence-corrected chi connectivity index (χ2v) is 5.66. The Bertz CT molecular complexity index is 637. The van der Waals surface area contributed by atoms with E-state index in [1.807, 2.05) is 38.2 Å². The molecule has 2 aromatic rings. The zero-order chi connectivity index (χ0) is 15.4. The van der Waals surface area contributed by atoms with Crippen LogP contribution in [0, 0.1) is 0 Å². The van der Waals surface area contributed by atoms with E-state index < -0.39 is 0 Å². The van der Waals surface area contributed by atoms with Crippen molar-refractivity contribution < 1.29 is 4.74 Å². The first-order chi connectivity index (χ1) is 10.0. The number of ether oxygens (including phenoxy) is 1. The van der Waals surface area contributed by atoms with E-state index in [-0.39, 0.29) is 0 Å². The van der Waals surface area contributed by atoms with E-state index in [1.54, 1.807) is 4.68 Å². The van der Waals surface area contributed by atoms with Crippen molar-refractivity contribution in [3.63, 3.8) is 0 Å². The highest BCUT2D eigenvalue weighted by molar-refractivity contribution is 7.80. The van der Waals surface area contributed by atoms with Crippen molar-refractivity contribution in [3.05, 3.63) is 46.2 Å². The number of hydrogen-bond acceptors (Lipinski definition) is 3. The van der Waals surface area contributed by atoms with E-state index >= 15 is 0 Å². The quantitative estimate of drug-likeness (QED) is 0.830. The van der Waals surface area contributed by atoms with Gasteiger partial charge < -0.3 is 10.5 Å². The molecule has 0 saturated heterocycles. The van der Waals surface area contributed by atoms with Crippen LogP contribution in [-0.2, 0) is 26.5 Å². The fraction of sp³-hybridized carbons (Fsp3) is 0.333. The van der Waals surface area contributed by atoms with Gasteiger partial charge in [0.05, 0.1) is 21.4 Å². The maximum Gasteiger partial charge on any atom is 0.131 e. The third-order valence-electron chi connectivity index (χ3n) is 3.18. The van der Waals surface area contributed by atoms with Gasteiger partial charge in [-0.1, -0.05) is 42.9 Å². The fourth-order valence-corrected chi connectivity index (χ4v) is 2.55. The molecule has 0 fully saturated rings. The van der Waals surface area contributed by atoms with Gasteiger partial charge in [-0.15, -0.1) is 0 Å². The number of hydrogen-bond donors (Lipinski definition) is 1. The molecule has 0 aliphatic rings. The Morgan fingerprint density at radius 2 is 2.05 bits per heavy atom. The minimum atomic E-state index is 0.386. The molecule has 0 aliphatic heterocycles. The molecular weight excluding hydrogens is 306 g/mol. The third-order valence-corrected chi connectivity index (χ3v) is 3.76. The molecule has 0 saturated carbocycles. The van der Waals surface area contributed by atoms with Crippen LogP contribution in [0.25, 0.3) is 0 Å². The molecule has 112 valence electrons. The van der Waals surface area contributed by atoms with Crippen LogP contribution in [0.1, 0.15) is 23.9 Å². The number of halogens is 1. The first-order valence-corrected chi connectivity index (χ1v) is 7.50. The minimum absolute atomic E-state index is 0.386. The predicted molar refractivity (Wildman–Crippen MR) is 88.9 cm³/mol. The van der Waals surface area contributed by atoms with E-state index in [0.717, 1.165) is 29.1 Å². The molecule has 0 unspecified atom stereocenters. The fourth-order valence-electron chi connectivity index (χ4n) is 2.03. The summed E-state index contributed by atoms with van der Waals surface area (Å²) >= 11 is 11.2. The second kappa shape index (κ2) is 6.91. The number of benzene rings is 1. The topological polar surface area (TPSA) is 53.1 Å².